The van der Waals surface area contributed by atoms with Gasteiger partial charge in [-0.3, -0.25) is 0 Å². The van der Waals surface area contributed by atoms with Gasteiger partial charge in [0.15, 0.2) is 17.3 Å². The lowest BCUT2D eigenvalue weighted by Gasteiger charge is -1.96. The Labute approximate surface area is 96.5 Å². The highest BCUT2D eigenvalue weighted by molar-refractivity contribution is 5.91. The van der Waals surface area contributed by atoms with E-state index in [1.807, 2.05) is 0 Å². The molecular formula is C10H11N5O2. The third-order valence-electron chi connectivity index (χ3n) is 2.79. The number of H-pyrrole nitrogens is 1. The molecule has 0 aliphatic heterocycles. The largest absolute Gasteiger partial charge is 0.477 e. The number of aromatic amines is 1. The maximum Gasteiger partial charge on any atom is 0.354 e. The molecule has 0 atom stereocenters. The molecule has 17 heavy (non-hydrogen) atoms. The Morgan fingerprint density at radius 2 is 2.35 bits per heavy atom. The summed E-state index contributed by atoms with van der Waals surface area (Å²) in [5.41, 5.74) is 0.377. The molecule has 0 unspecified atom stereocenters. The van der Waals surface area contributed by atoms with E-state index in [9.17, 15) is 4.79 Å². The number of hydrogen-bond acceptors (Lipinski definition) is 4. The van der Waals surface area contributed by atoms with Gasteiger partial charge < -0.3 is 10.1 Å². The molecule has 2 heterocycles. The number of hydrogen-bond donors (Lipinski definition) is 2. The first kappa shape index (κ1) is 10.0. The zero-order valence-corrected chi connectivity index (χ0v) is 9.21. The van der Waals surface area contributed by atoms with Crippen LogP contribution < -0.4 is 0 Å². The molecule has 88 valence electrons. The number of carboxylic acids is 1. The Morgan fingerprint density at radius 3 is 3.00 bits per heavy atom. The highest BCUT2D eigenvalue weighted by atomic mass is 16.4. The van der Waals surface area contributed by atoms with Crippen LogP contribution in [0.5, 0.6) is 0 Å². The van der Waals surface area contributed by atoms with Gasteiger partial charge in [-0.25, -0.2) is 19.4 Å². The minimum Gasteiger partial charge on any atom is -0.477 e. The van der Waals surface area contributed by atoms with Crippen LogP contribution in [0.15, 0.2) is 6.33 Å². The second-order valence-electron chi connectivity index (χ2n) is 4.12. The first-order valence-corrected chi connectivity index (χ1v) is 5.35. The van der Waals surface area contributed by atoms with Crippen LogP contribution in [0.3, 0.4) is 0 Å². The first-order valence-electron chi connectivity index (χ1n) is 5.35. The van der Waals surface area contributed by atoms with Gasteiger partial charge in [-0.05, 0) is 12.8 Å². The number of imidazole rings is 1. The van der Waals surface area contributed by atoms with E-state index >= 15 is 0 Å². The van der Waals surface area contributed by atoms with E-state index in [1.165, 1.54) is 6.33 Å². The highest BCUT2D eigenvalue weighted by Gasteiger charge is 2.30. The van der Waals surface area contributed by atoms with Crippen molar-refractivity contribution in [3.63, 3.8) is 0 Å². The van der Waals surface area contributed by atoms with Gasteiger partial charge in [0.05, 0.1) is 6.33 Å². The topological polar surface area (TPSA) is 96.7 Å². The van der Waals surface area contributed by atoms with Gasteiger partial charge in [-0.2, -0.15) is 5.10 Å². The summed E-state index contributed by atoms with van der Waals surface area (Å²) in [6.07, 6.45) is 3.57. The molecule has 1 aliphatic carbocycles. The molecule has 0 saturated heterocycles. The SMILES string of the molecule is Cn1nc(C2CC2)nc1-c1nc[nH]c1C(=O)O. The quantitative estimate of drug-likeness (QED) is 0.816. The molecule has 1 fully saturated rings. The summed E-state index contributed by atoms with van der Waals surface area (Å²) in [5, 5.41) is 13.3. The van der Waals surface area contributed by atoms with Crippen molar-refractivity contribution in [3.8, 4) is 11.5 Å². The van der Waals surface area contributed by atoms with E-state index in [2.05, 4.69) is 20.1 Å². The molecule has 1 saturated carbocycles. The number of nitrogens with one attached hydrogen (secondary N) is 1. The van der Waals surface area contributed by atoms with Crippen LogP contribution in [0.2, 0.25) is 0 Å². The van der Waals surface area contributed by atoms with E-state index in [0.29, 0.717) is 17.4 Å². The van der Waals surface area contributed by atoms with Crippen LogP contribution in [0.1, 0.15) is 35.1 Å². The molecule has 7 nitrogen and oxygen atoms in total. The Kier molecular flexibility index (Phi) is 2.01. The fraction of sp³-hybridized carbons (Fsp3) is 0.400. The highest BCUT2D eigenvalue weighted by Crippen LogP contribution is 2.38. The van der Waals surface area contributed by atoms with Gasteiger partial charge in [-0.15, -0.1) is 0 Å². The van der Waals surface area contributed by atoms with Crippen LogP contribution >= 0.6 is 0 Å². The van der Waals surface area contributed by atoms with Crippen molar-refractivity contribution in [3.05, 3.63) is 17.8 Å². The predicted molar refractivity (Wildman–Crippen MR) is 57.5 cm³/mol. The molecule has 0 bridgehead atoms. The Morgan fingerprint density at radius 1 is 1.59 bits per heavy atom. The third kappa shape index (κ3) is 1.59. The van der Waals surface area contributed by atoms with Gasteiger partial charge in [0, 0.05) is 13.0 Å². The Bertz CT molecular complexity index is 581. The lowest BCUT2D eigenvalue weighted by molar-refractivity contribution is 0.0692. The van der Waals surface area contributed by atoms with Gasteiger partial charge in [-0.1, -0.05) is 0 Å². The summed E-state index contributed by atoms with van der Waals surface area (Å²) in [5.74, 6) is 0.656. The second-order valence-corrected chi connectivity index (χ2v) is 4.12. The van der Waals surface area contributed by atoms with Gasteiger partial charge >= 0.3 is 5.97 Å². The molecule has 0 spiro atoms. The first-order chi connectivity index (χ1) is 8.16. The van der Waals surface area contributed by atoms with Gasteiger partial charge in [0.1, 0.15) is 5.69 Å². The third-order valence-corrected chi connectivity index (χ3v) is 2.79. The van der Waals surface area contributed by atoms with Crippen LogP contribution in [0, 0.1) is 0 Å². The maximum atomic E-state index is 11.0. The number of carboxylic acid groups (broad SMARTS) is 1. The summed E-state index contributed by atoms with van der Waals surface area (Å²) in [6, 6.07) is 0. The van der Waals surface area contributed by atoms with Crippen molar-refractivity contribution in [2.75, 3.05) is 0 Å². The lowest BCUT2D eigenvalue weighted by atomic mass is 10.3. The van der Waals surface area contributed by atoms with Gasteiger partial charge in [0.2, 0.25) is 0 Å². The average molecular weight is 233 g/mol. The number of aromatic nitrogens is 5. The molecule has 2 N–H and O–H groups in total. The minimum absolute atomic E-state index is 0.0443. The smallest absolute Gasteiger partial charge is 0.354 e. The van der Waals surface area contributed by atoms with Crippen LogP contribution in [0.4, 0.5) is 0 Å². The summed E-state index contributed by atoms with van der Waals surface area (Å²) in [7, 11) is 1.74. The van der Waals surface area contributed by atoms with Crippen molar-refractivity contribution >= 4 is 5.97 Å². The normalized spacial score (nSPS) is 15.1. The van der Waals surface area contributed by atoms with E-state index in [0.717, 1.165) is 18.7 Å². The number of aryl methyl sites for hydroxylation is 1. The standard InChI is InChI=1S/C10H11N5O2/c1-15-9(13-8(14-15)5-2-3-5)6-7(10(16)17)12-4-11-6/h4-5H,2-3H2,1H3,(H,11,12)(H,16,17). The molecule has 3 rings (SSSR count). The fourth-order valence-electron chi connectivity index (χ4n) is 1.75. The van der Waals surface area contributed by atoms with Crippen molar-refractivity contribution in [1.29, 1.82) is 0 Å². The molecule has 7 heteroatoms. The van der Waals surface area contributed by atoms with Crippen LogP contribution in [-0.2, 0) is 7.05 Å². The second kappa shape index (κ2) is 3.41. The van der Waals surface area contributed by atoms with Crippen LogP contribution in [-0.4, -0.2) is 35.8 Å². The molecule has 0 radical (unpaired) electrons. The van der Waals surface area contributed by atoms with Crippen molar-refractivity contribution in [1.82, 2.24) is 24.7 Å². The monoisotopic (exact) mass is 233 g/mol. The molecule has 0 amide bonds. The Balaban J connectivity index is 2.07. The van der Waals surface area contributed by atoms with E-state index < -0.39 is 5.97 Å². The summed E-state index contributed by atoms with van der Waals surface area (Å²) >= 11 is 0. The van der Waals surface area contributed by atoms with E-state index in [-0.39, 0.29) is 5.69 Å². The predicted octanol–water partition coefficient (Wildman–Crippen LogP) is 0.781. The number of carbonyl (C=O) groups is 1. The van der Waals surface area contributed by atoms with Crippen molar-refractivity contribution < 1.29 is 9.90 Å². The van der Waals surface area contributed by atoms with E-state index in [1.54, 1.807) is 11.7 Å². The number of nitrogens with zero attached hydrogens (tertiary/aromatic N) is 4. The zero-order valence-electron chi connectivity index (χ0n) is 9.21. The molecule has 1 aliphatic rings. The molecular weight excluding hydrogens is 222 g/mol. The maximum absolute atomic E-state index is 11.0. The van der Waals surface area contributed by atoms with Crippen molar-refractivity contribution in [2.45, 2.75) is 18.8 Å². The zero-order chi connectivity index (χ0) is 12.0. The summed E-state index contributed by atoms with van der Waals surface area (Å²) < 4.78 is 1.58. The molecule has 0 aromatic carbocycles. The lowest BCUT2D eigenvalue weighted by Crippen LogP contribution is -2.02. The van der Waals surface area contributed by atoms with Crippen LogP contribution in [0.25, 0.3) is 11.5 Å². The van der Waals surface area contributed by atoms with Crippen molar-refractivity contribution in [2.24, 2.45) is 7.05 Å². The molecule has 2 aromatic heterocycles. The van der Waals surface area contributed by atoms with E-state index in [4.69, 9.17) is 5.11 Å². The number of aromatic carboxylic acids is 1. The summed E-state index contributed by atoms with van der Waals surface area (Å²) in [4.78, 5) is 22.0. The minimum atomic E-state index is -1.05. The number of rotatable bonds is 3. The molecule has 2 aromatic rings. The average Bonchev–Trinajstić information content (AvgIpc) is 2.88. The fourth-order valence-corrected chi connectivity index (χ4v) is 1.75. The van der Waals surface area contributed by atoms with Gasteiger partial charge in [0.25, 0.3) is 0 Å². The Hall–Kier alpha value is -2.18. The summed E-state index contributed by atoms with van der Waals surface area (Å²) in [6.45, 7) is 0.